The smallest absolute Gasteiger partial charge is 0.251 e. The van der Waals surface area contributed by atoms with E-state index in [2.05, 4.69) is 10.3 Å². The van der Waals surface area contributed by atoms with E-state index >= 15 is 0 Å². The maximum Gasteiger partial charge on any atom is 0.251 e. The van der Waals surface area contributed by atoms with E-state index in [1.165, 1.54) is 41.0 Å². The van der Waals surface area contributed by atoms with Gasteiger partial charge < -0.3 is 14.6 Å². The van der Waals surface area contributed by atoms with Gasteiger partial charge in [-0.3, -0.25) is 4.79 Å². The Hall–Kier alpha value is -3.08. The van der Waals surface area contributed by atoms with Gasteiger partial charge in [0, 0.05) is 37.6 Å². The van der Waals surface area contributed by atoms with Gasteiger partial charge in [0.25, 0.3) is 5.91 Å². The average molecular weight is 444 g/mol. The van der Waals surface area contributed by atoms with E-state index in [1.54, 1.807) is 29.1 Å². The topological polar surface area (TPSA) is 93.5 Å². The Morgan fingerprint density at radius 1 is 1.13 bits per heavy atom. The average Bonchev–Trinajstić information content (AvgIpc) is 3.33. The standard InChI is InChI=1S/C21H21FN4O4S/c22-19-13-16(1-6-20(19)25-8-7-23-15-25)14-24-21(27)17-2-4-18(5-3-17)31(28,29)26-9-11-30-12-10-26/h1-8,13,15H,9-12,14H2,(H,24,27). The Bertz CT molecular complexity index is 1160. The minimum atomic E-state index is -3.61. The molecule has 1 aliphatic heterocycles. The summed E-state index contributed by atoms with van der Waals surface area (Å²) in [5.74, 6) is -0.808. The summed E-state index contributed by atoms with van der Waals surface area (Å²) in [6, 6.07) is 10.4. The molecule has 162 valence electrons. The lowest BCUT2D eigenvalue weighted by molar-refractivity contribution is 0.0730. The fraction of sp³-hybridized carbons (Fsp3) is 0.238. The quantitative estimate of drug-likeness (QED) is 0.627. The number of rotatable bonds is 6. The van der Waals surface area contributed by atoms with E-state index in [-0.39, 0.29) is 17.3 Å². The molecule has 3 aromatic rings. The Labute approximate surface area is 179 Å². The summed E-state index contributed by atoms with van der Waals surface area (Å²) in [5.41, 5.74) is 1.28. The maximum atomic E-state index is 14.3. The van der Waals surface area contributed by atoms with E-state index < -0.39 is 15.8 Å². The third-order valence-electron chi connectivity index (χ3n) is 4.97. The predicted octanol–water partition coefficient (Wildman–Crippen LogP) is 1.96. The van der Waals surface area contributed by atoms with Gasteiger partial charge in [0.05, 0.1) is 30.1 Å². The summed E-state index contributed by atoms with van der Waals surface area (Å²) >= 11 is 0. The number of hydrogen-bond acceptors (Lipinski definition) is 5. The molecule has 0 bridgehead atoms. The molecule has 2 heterocycles. The van der Waals surface area contributed by atoms with E-state index in [0.29, 0.717) is 43.1 Å². The highest BCUT2D eigenvalue weighted by molar-refractivity contribution is 7.89. The Morgan fingerprint density at radius 2 is 1.87 bits per heavy atom. The summed E-state index contributed by atoms with van der Waals surface area (Å²) in [4.78, 5) is 16.4. The molecular weight excluding hydrogens is 423 g/mol. The Kier molecular flexibility index (Phi) is 6.12. The first-order chi connectivity index (χ1) is 14.9. The number of halogens is 1. The third kappa shape index (κ3) is 4.66. The number of carbonyl (C=O) groups excluding carboxylic acids is 1. The SMILES string of the molecule is O=C(NCc1ccc(-n2ccnc2)c(F)c1)c1ccc(S(=O)(=O)N2CCOCC2)cc1. The first-order valence-electron chi connectivity index (χ1n) is 9.68. The highest BCUT2D eigenvalue weighted by Gasteiger charge is 2.26. The van der Waals surface area contributed by atoms with Crippen LogP contribution in [0.2, 0.25) is 0 Å². The number of morpholine rings is 1. The van der Waals surface area contributed by atoms with E-state index in [9.17, 15) is 17.6 Å². The molecule has 1 fully saturated rings. The van der Waals surface area contributed by atoms with E-state index in [1.807, 2.05) is 0 Å². The molecule has 1 saturated heterocycles. The largest absolute Gasteiger partial charge is 0.379 e. The summed E-state index contributed by atoms with van der Waals surface area (Å²) in [6.07, 6.45) is 4.70. The van der Waals surface area contributed by atoms with Crippen molar-refractivity contribution >= 4 is 15.9 Å². The molecular formula is C21H21FN4O4S. The van der Waals surface area contributed by atoms with Crippen molar-refractivity contribution in [3.63, 3.8) is 0 Å². The van der Waals surface area contributed by atoms with Crippen LogP contribution >= 0.6 is 0 Å². The summed E-state index contributed by atoms with van der Waals surface area (Å²) in [6.45, 7) is 1.47. The van der Waals surface area contributed by atoms with Crippen LogP contribution in [0.15, 0.2) is 66.1 Å². The van der Waals surface area contributed by atoms with Gasteiger partial charge in [0.15, 0.2) is 0 Å². The van der Waals surface area contributed by atoms with E-state index in [4.69, 9.17) is 4.74 Å². The molecule has 1 aliphatic rings. The number of aromatic nitrogens is 2. The number of carbonyl (C=O) groups is 1. The van der Waals surface area contributed by atoms with Crippen LogP contribution in [-0.4, -0.2) is 54.5 Å². The number of imidazole rings is 1. The number of nitrogens with one attached hydrogen (secondary N) is 1. The zero-order chi connectivity index (χ0) is 21.8. The molecule has 0 unspecified atom stereocenters. The second-order valence-electron chi connectivity index (χ2n) is 6.98. The number of benzene rings is 2. The lowest BCUT2D eigenvalue weighted by atomic mass is 10.1. The number of nitrogens with zero attached hydrogens (tertiary/aromatic N) is 3. The molecule has 0 spiro atoms. The van der Waals surface area contributed by atoms with Gasteiger partial charge in [-0.15, -0.1) is 0 Å². The van der Waals surface area contributed by atoms with Gasteiger partial charge in [-0.2, -0.15) is 4.31 Å². The summed E-state index contributed by atoms with van der Waals surface area (Å²) in [5, 5.41) is 2.72. The molecule has 1 aromatic heterocycles. The van der Waals surface area contributed by atoms with Crippen LogP contribution in [0.1, 0.15) is 15.9 Å². The van der Waals surface area contributed by atoms with Gasteiger partial charge in [0.2, 0.25) is 10.0 Å². The highest BCUT2D eigenvalue weighted by atomic mass is 32.2. The summed E-state index contributed by atoms with van der Waals surface area (Å²) in [7, 11) is -3.61. The molecule has 0 aliphatic carbocycles. The van der Waals surface area contributed by atoms with Crippen molar-refractivity contribution < 1.29 is 22.3 Å². The molecule has 2 aromatic carbocycles. The fourth-order valence-electron chi connectivity index (χ4n) is 3.27. The molecule has 10 heteroatoms. The molecule has 1 amide bonds. The zero-order valence-electron chi connectivity index (χ0n) is 16.6. The molecule has 0 radical (unpaired) electrons. The second-order valence-corrected chi connectivity index (χ2v) is 8.92. The van der Waals surface area contributed by atoms with Gasteiger partial charge in [0.1, 0.15) is 5.82 Å². The Balaban J connectivity index is 1.39. The van der Waals surface area contributed by atoms with Crippen molar-refractivity contribution in [2.45, 2.75) is 11.4 Å². The molecule has 0 saturated carbocycles. The maximum absolute atomic E-state index is 14.3. The first-order valence-corrected chi connectivity index (χ1v) is 11.1. The molecule has 8 nitrogen and oxygen atoms in total. The van der Waals surface area contributed by atoms with Crippen LogP contribution in [-0.2, 0) is 21.3 Å². The minimum absolute atomic E-state index is 0.128. The number of amides is 1. The Morgan fingerprint density at radius 3 is 2.52 bits per heavy atom. The van der Waals surface area contributed by atoms with Gasteiger partial charge in [-0.05, 0) is 42.0 Å². The van der Waals surface area contributed by atoms with Crippen LogP contribution in [0.25, 0.3) is 5.69 Å². The number of hydrogen-bond donors (Lipinski definition) is 1. The van der Waals surface area contributed by atoms with Gasteiger partial charge in [-0.1, -0.05) is 6.07 Å². The van der Waals surface area contributed by atoms with Crippen molar-refractivity contribution in [3.8, 4) is 5.69 Å². The van der Waals surface area contributed by atoms with Crippen LogP contribution in [0.3, 0.4) is 0 Å². The van der Waals surface area contributed by atoms with Crippen molar-refractivity contribution in [2.75, 3.05) is 26.3 Å². The summed E-state index contributed by atoms with van der Waals surface area (Å²) < 4.78 is 47.8. The van der Waals surface area contributed by atoms with Crippen molar-refractivity contribution in [3.05, 3.63) is 78.1 Å². The minimum Gasteiger partial charge on any atom is -0.379 e. The first kappa shape index (κ1) is 21.2. The van der Waals surface area contributed by atoms with Crippen LogP contribution in [0, 0.1) is 5.82 Å². The lowest BCUT2D eigenvalue weighted by Gasteiger charge is -2.26. The normalized spacial score (nSPS) is 15.0. The number of sulfonamides is 1. The molecule has 31 heavy (non-hydrogen) atoms. The van der Waals surface area contributed by atoms with Gasteiger partial charge >= 0.3 is 0 Å². The zero-order valence-corrected chi connectivity index (χ0v) is 17.4. The van der Waals surface area contributed by atoms with Crippen molar-refractivity contribution in [1.82, 2.24) is 19.2 Å². The van der Waals surface area contributed by atoms with Crippen molar-refractivity contribution in [2.24, 2.45) is 0 Å². The molecule has 1 N–H and O–H groups in total. The van der Waals surface area contributed by atoms with Gasteiger partial charge in [-0.25, -0.2) is 17.8 Å². The molecule has 0 atom stereocenters. The van der Waals surface area contributed by atoms with E-state index in [0.717, 1.165) is 0 Å². The third-order valence-corrected chi connectivity index (χ3v) is 6.88. The predicted molar refractivity (Wildman–Crippen MR) is 111 cm³/mol. The van der Waals surface area contributed by atoms with Crippen LogP contribution < -0.4 is 5.32 Å². The van der Waals surface area contributed by atoms with Crippen LogP contribution in [0.4, 0.5) is 4.39 Å². The number of ether oxygens (including phenoxy) is 1. The molecule has 4 rings (SSSR count). The lowest BCUT2D eigenvalue weighted by Crippen LogP contribution is -2.40. The second kappa shape index (κ2) is 8.96. The van der Waals surface area contributed by atoms with Crippen molar-refractivity contribution in [1.29, 1.82) is 0 Å². The fourth-order valence-corrected chi connectivity index (χ4v) is 4.68. The van der Waals surface area contributed by atoms with Crippen LogP contribution in [0.5, 0.6) is 0 Å². The highest BCUT2D eigenvalue weighted by Crippen LogP contribution is 2.18. The monoisotopic (exact) mass is 444 g/mol.